The fourth-order valence-corrected chi connectivity index (χ4v) is 3.10. The average Bonchev–Trinajstić information content (AvgIpc) is 2.63. The van der Waals surface area contributed by atoms with Gasteiger partial charge in [-0.25, -0.2) is 0 Å². The summed E-state index contributed by atoms with van der Waals surface area (Å²) >= 11 is 0. The molecule has 0 fully saturated rings. The molecule has 0 aromatic heterocycles. The minimum Gasteiger partial charge on any atom is -0.480 e. The van der Waals surface area contributed by atoms with Crippen LogP contribution in [0.4, 0.5) is 0 Å². The Kier molecular flexibility index (Phi) is 4.66. The third-order valence-electron chi connectivity index (χ3n) is 4.09. The van der Waals surface area contributed by atoms with E-state index < -0.39 is 12.0 Å². The van der Waals surface area contributed by atoms with Crippen LogP contribution >= 0.6 is 12.4 Å². The number of carboxylic acids is 1. The molecule has 3 nitrogen and oxygen atoms in total. The molecule has 21 heavy (non-hydrogen) atoms. The summed E-state index contributed by atoms with van der Waals surface area (Å²) < 4.78 is 0. The minimum atomic E-state index is -0.957. The minimum absolute atomic E-state index is 0. The molecule has 4 heteroatoms. The van der Waals surface area contributed by atoms with Crippen molar-refractivity contribution < 1.29 is 9.90 Å². The number of aliphatic carboxylic acids is 1. The number of hydrogen-bond acceptors (Lipinski definition) is 2. The number of rotatable bonds is 2. The number of benzene rings is 2. The molecule has 0 unspecified atom stereocenters. The molecule has 0 aliphatic heterocycles. The molecule has 2 aromatic carbocycles. The van der Waals surface area contributed by atoms with Crippen LogP contribution in [0, 0.1) is 0 Å². The van der Waals surface area contributed by atoms with Crippen molar-refractivity contribution in [3.05, 3.63) is 70.8 Å². The topological polar surface area (TPSA) is 63.3 Å². The third kappa shape index (κ3) is 2.80. The van der Waals surface area contributed by atoms with E-state index in [0.717, 1.165) is 24.0 Å². The van der Waals surface area contributed by atoms with E-state index in [0.29, 0.717) is 0 Å². The number of hydrogen-bond donors (Lipinski definition) is 2. The van der Waals surface area contributed by atoms with Crippen molar-refractivity contribution in [3.8, 4) is 0 Å². The molecule has 0 heterocycles. The number of carbonyl (C=O) groups is 1. The zero-order valence-electron chi connectivity index (χ0n) is 11.5. The summed E-state index contributed by atoms with van der Waals surface area (Å²) in [5, 5.41) is 9.35. The summed E-state index contributed by atoms with van der Waals surface area (Å²) in [6.45, 7) is 0. The molecule has 3 rings (SSSR count). The highest BCUT2D eigenvalue weighted by Gasteiger charge is 2.31. The van der Waals surface area contributed by atoms with E-state index >= 15 is 0 Å². The summed E-state index contributed by atoms with van der Waals surface area (Å²) in [6, 6.07) is 15.1. The second-order valence-corrected chi connectivity index (χ2v) is 5.24. The highest BCUT2D eigenvalue weighted by molar-refractivity contribution is 5.85. The van der Waals surface area contributed by atoms with Gasteiger partial charge in [0, 0.05) is 5.92 Å². The molecule has 1 aliphatic carbocycles. The van der Waals surface area contributed by atoms with E-state index in [4.69, 9.17) is 5.73 Å². The first-order valence-corrected chi connectivity index (χ1v) is 6.82. The maximum atomic E-state index is 11.4. The third-order valence-corrected chi connectivity index (χ3v) is 4.09. The summed E-state index contributed by atoms with van der Waals surface area (Å²) in [7, 11) is 0. The molecule has 3 N–H and O–H groups in total. The Hall–Kier alpha value is -1.84. The highest BCUT2D eigenvalue weighted by atomic mass is 35.5. The van der Waals surface area contributed by atoms with Crippen LogP contribution in [0.5, 0.6) is 0 Å². The fourth-order valence-electron chi connectivity index (χ4n) is 3.10. The predicted molar refractivity (Wildman–Crippen MR) is 85.0 cm³/mol. The quantitative estimate of drug-likeness (QED) is 0.896. The Morgan fingerprint density at radius 3 is 1.86 bits per heavy atom. The Morgan fingerprint density at radius 1 is 1.00 bits per heavy atom. The van der Waals surface area contributed by atoms with Gasteiger partial charge >= 0.3 is 5.97 Å². The maximum absolute atomic E-state index is 11.4. The molecule has 0 radical (unpaired) electrons. The molecule has 1 atom stereocenters. The summed E-state index contributed by atoms with van der Waals surface area (Å²) in [5.41, 5.74) is 10.5. The van der Waals surface area contributed by atoms with Crippen LogP contribution in [0.2, 0.25) is 0 Å². The van der Waals surface area contributed by atoms with Crippen LogP contribution in [-0.2, 0) is 17.6 Å². The first-order chi connectivity index (χ1) is 9.68. The molecule has 0 saturated heterocycles. The van der Waals surface area contributed by atoms with Gasteiger partial charge in [0.2, 0.25) is 0 Å². The van der Waals surface area contributed by atoms with Gasteiger partial charge in [-0.3, -0.25) is 4.79 Å². The molecule has 0 saturated carbocycles. The smallest absolute Gasteiger partial charge is 0.321 e. The lowest BCUT2D eigenvalue weighted by atomic mass is 9.83. The van der Waals surface area contributed by atoms with Gasteiger partial charge in [-0.1, -0.05) is 48.5 Å². The van der Waals surface area contributed by atoms with Gasteiger partial charge in [0.25, 0.3) is 0 Å². The second kappa shape index (κ2) is 6.29. The van der Waals surface area contributed by atoms with Gasteiger partial charge < -0.3 is 10.8 Å². The SMILES string of the molecule is Cl.N[C@H](C(=O)O)C1c2ccccc2CCc2ccccc21. The second-order valence-electron chi connectivity index (χ2n) is 5.24. The zero-order valence-corrected chi connectivity index (χ0v) is 12.3. The number of fused-ring (bicyclic) bond motifs is 2. The normalized spacial score (nSPS) is 15.1. The van der Waals surface area contributed by atoms with Crippen molar-refractivity contribution in [1.82, 2.24) is 0 Å². The molecule has 0 spiro atoms. The first kappa shape index (κ1) is 15.5. The largest absolute Gasteiger partial charge is 0.480 e. The number of nitrogens with two attached hydrogens (primary N) is 1. The Morgan fingerprint density at radius 2 is 1.43 bits per heavy atom. The van der Waals surface area contributed by atoms with E-state index in [1.807, 2.05) is 36.4 Å². The number of carboxylic acid groups (broad SMARTS) is 1. The lowest BCUT2D eigenvalue weighted by Gasteiger charge is -2.23. The Bertz CT molecular complexity index is 609. The highest BCUT2D eigenvalue weighted by Crippen LogP contribution is 2.35. The Labute approximate surface area is 130 Å². The molecule has 2 aromatic rings. The van der Waals surface area contributed by atoms with Gasteiger partial charge in [-0.15, -0.1) is 12.4 Å². The standard InChI is InChI=1S/C17H17NO2.ClH/c18-16(17(19)20)15-13-7-3-1-5-11(13)9-10-12-6-2-4-8-14(12)15;/h1-8,15-16H,9-10,18H2,(H,19,20);1H/t16-;/m0./s1. The zero-order chi connectivity index (χ0) is 14.1. The number of halogens is 1. The van der Waals surface area contributed by atoms with Crippen LogP contribution in [0.3, 0.4) is 0 Å². The van der Waals surface area contributed by atoms with Crippen molar-refractivity contribution in [2.45, 2.75) is 24.8 Å². The number of aryl methyl sites for hydroxylation is 2. The van der Waals surface area contributed by atoms with E-state index in [1.54, 1.807) is 0 Å². The summed E-state index contributed by atoms with van der Waals surface area (Å²) in [5.74, 6) is -1.23. The summed E-state index contributed by atoms with van der Waals surface area (Å²) in [4.78, 5) is 11.4. The first-order valence-electron chi connectivity index (χ1n) is 6.82. The van der Waals surface area contributed by atoms with Gasteiger partial charge in [-0.2, -0.15) is 0 Å². The molecular formula is C17H18ClNO2. The van der Waals surface area contributed by atoms with E-state index in [2.05, 4.69) is 12.1 Å². The molecule has 0 bridgehead atoms. The van der Waals surface area contributed by atoms with E-state index in [9.17, 15) is 9.90 Å². The van der Waals surface area contributed by atoms with E-state index in [-0.39, 0.29) is 18.3 Å². The fraction of sp³-hybridized carbons (Fsp3) is 0.235. The van der Waals surface area contributed by atoms with E-state index in [1.165, 1.54) is 11.1 Å². The van der Waals surface area contributed by atoms with Gasteiger partial charge in [0.1, 0.15) is 6.04 Å². The van der Waals surface area contributed by atoms with Crippen LogP contribution in [0.1, 0.15) is 28.2 Å². The van der Waals surface area contributed by atoms with Crippen molar-refractivity contribution in [2.75, 3.05) is 0 Å². The lowest BCUT2D eigenvalue weighted by Crippen LogP contribution is -2.37. The molecular weight excluding hydrogens is 286 g/mol. The van der Waals surface area contributed by atoms with Crippen LogP contribution in [0.25, 0.3) is 0 Å². The van der Waals surface area contributed by atoms with Crippen molar-refractivity contribution >= 4 is 18.4 Å². The molecule has 110 valence electrons. The van der Waals surface area contributed by atoms with Crippen LogP contribution < -0.4 is 5.73 Å². The van der Waals surface area contributed by atoms with Crippen LogP contribution in [0.15, 0.2) is 48.5 Å². The van der Waals surface area contributed by atoms with Crippen molar-refractivity contribution in [2.24, 2.45) is 5.73 Å². The van der Waals surface area contributed by atoms with Crippen molar-refractivity contribution in [3.63, 3.8) is 0 Å². The monoisotopic (exact) mass is 303 g/mol. The Balaban J connectivity index is 0.00000161. The van der Waals surface area contributed by atoms with Crippen molar-refractivity contribution in [1.29, 1.82) is 0 Å². The predicted octanol–water partition coefficient (Wildman–Crippen LogP) is 2.75. The average molecular weight is 304 g/mol. The maximum Gasteiger partial charge on any atom is 0.321 e. The van der Waals surface area contributed by atoms with Gasteiger partial charge in [0.15, 0.2) is 0 Å². The molecule has 0 amide bonds. The lowest BCUT2D eigenvalue weighted by molar-refractivity contribution is -0.138. The van der Waals surface area contributed by atoms with Crippen LogP contribution in [-0.4, -0.2) is 17.1 Å². The molecule has 1 aliphatic rings. The van der Waals surface area contributed by atoms with Gasteiger partial charge in [0.05, 0.1) is 0 Å². The summed E-state index contributed by atoms with van der Waals surface area (Å²) in [6.07, 6.45) is 1.85. The van der Waals surface area contributed by atoms with Gasteiger partial charge in [-0.05, 0) is 35.1 Å².